The topological polar surface area (TPSA) is 86.7 Å². The van der Waals surface area contributed by atoms with Gasteiger partial charge in [-0.1, -0.05) is 0 Å². The molecule has 0 fully saturated rings. The van der Waals surface area contributed by atoms with Crippen molar-refractivity contribution in [2.75, 3.05) is 18.4 Å². The molecule has 0 unspecified atom stereocenters. The number of H-pyrrole nitrogens is 2. The lowest BCUT2D eigenvalue weighted by Gasteiger charge is -2.04. The first-order valence-electron chi connectivity index (χ1n) is 4.95. The van der Waals surface area contributed by atoms with Crippen LogP contribution in [0.25, 0.3) is 10.9 Å². The van der Waals surface area contributed by atoms with E-state index in [0.29, 0.717) is 11.9 Å². The highest BCUT2D eigenvalue weighted by atomic mass is 16.1. The minimum atomic E-state index is -0.0847. The number of aromatic amines is 2. The number of fused-ring (bicyclic) bond motifs is 1. The van der Waals surface area contributed by atoms with Gasteiger partial charge in [-0.25, -0.2) is 0 Å². The number of benzene rings is 1. The van der Waals surface area contributed by atoms with Gasteiger partial charge in [0.1, 0.15) is 0 Å². The molecule has 0 saturated carbocycles. The van der Waals surface area contributed by atoms with E-state index >= 15 is 0 Å². The Morgan fingerprint density at radius 2 is 2.20 bits per heavy atom. The molecule has 5 N–H and O–H groups in total. The summed E-state index contributed by atoms with van der Waals surface area (Å²) in [6.07, 6.45) is 0.932. The quantitative estimate of drug-likeness (QED) is 0.553. The monoisotopic (exact) mass is 206 g/mol. The van der Waals surface area contributed by atoms with Gasteiger partial charge in [0.15, 0.2) is 0 Å². The fraction of sp³-hybridized carbons (Fsp3) is 0.300. The van der Waals surface area contributed by atoms with Crippen LogP contribution in [-0.2, 0) is 0 Å². The van der Waals surface area contributed by atoms with Crippen LogP contribution < -0.4 is 16.6 Å². The molecule has 5 heteroatoms. The van der Waals surface area contributed by atoms with Gasteiger partial charge in [-0.3, -0.25) is 15.0 Å². The van der Waals surface area contributed by atoms with Crippen molar-refractivity contribution in [2.24, 2.45) is 5.73 Å². The standard InChI is InChI=1S/C10H14N4O/c11-4-1-5-12-7-2-3-8-9(6-7)13-14-10(8)15/h2-3,6,12H,1,4-5,11H2,(H2,13,14,15). The molecule has 0 aliphatic heterocycles. The maximum atomic E-state index is 11.2. The molecule has 0 aliphatic carbocycles. The number of hydrogen-bond donors (Lipinski definition) is 4. The van der Waals surface area contributed by atoms with Crippen LogP contribution in [0, 0.1) is 0 Å². The van der Waals surface area contributed by atoms with Crippen LogP contribution in [0.5, 0.6) is 0 Å². The van der Waals surface area contributed by atoms with Crippen molar-refractivity contribution in [1.82, 2.24) is 10.2 Å². The fourth-order valence-corrected chi connectivity index (χ4v) is 1.48. The molecule has 15 heavy (non-hydrogen) atoms. The predicted molar refractivity (Wildman–Crippen MR) is 61.1 cm³/mol. The van der Waals surface area contributed by atoms with E-state index in [2.05, 4.69) is 15.5 Å². The van der Waals surface area contributed by atoms with Crippen molar-refractivity contribution in [3.63, 3.8) is 0 Å². The molecule has 0 atom stereocenters. The molecule has 1 aromatic carbocycles. The van der Waals surface area contributed by atoms with Crippen LogP contribution in [0.3, 0.4) is 0 Å². The van der Waals surface area contributed by atoms with Crippen molar-refractivity contribution in [1.29, 1.82) is 0 Å². The minimum Gasteiger partial charge on any atom is -0.385 e. The van der Waals surface area contributed by atoms with E-state index in [-0.39, 0.29) is 5.56 Å². The maximum Gasteiger partial charge on any atom is 0.271 e. The van der Waals surface area contributed by atoms with E-state index in [4.69, 9.17) is 5.73 Å². The average Bonchev–Trinajstić information content (AvgIpc) is 2.61. The lowest BCUT2D eigenvalue weighted by Crippen LogP contribution is -2.08. The Bertz CT molecular complexity index is 499. The minimum absolute atomic E-state index is 0.0847. The summed E-state index contributed by atoms with van der Waals surface area (Å²) in [5, 5.41) is 9.27. The van der Waals surface area contributed by atoms with Crippen LogP contribution in [0.2, 0.25) is 0 Å². The number of aromatic nitrogens is 2. The fourth-order valence-electron chi connectivity index (χ4n) is 1.48. The highest BCUT2D eigenvalue weighted by molar-refractivity contribution is 5.81. The number of rotatable bonds is 4. The Morgan fingerprint density at radius 3 is 3.00 bits per heavy atom. The second kappa shape index (κ2) is 4.18. The van der Waals surface area contributed by atoms with E-state index in [0.717, 1.165) is 24.2 Å². The highest BCUT2D eigenvalue weighted by Crippen LogP contribution is 2.13. The number of nitrogens with one attached hydrogen (secondary N) is 3. The second-order valence-corrected chi connectivity index (χ2v) is 3.41. The van der Waals surface area contributed by atoms with Gasteiger partial charge in [-0.15, -0.1) is 0 Å². The molecule has 0 radical (unpaired) electrons. The first kappa shape index (κ1) is 9.79. The molecule has 1 heterocycles. The Labute approximate surface area is 86.7 Å². The normalized spacial score (nSPS) is 10.7. The molecule has 0 bridgehead atoms. The van der Waals surface area contributed by atoms with Crippen molar-refractivity contribution in [3.05, 3.63) is 28.6 Å². The van der Waals surface area contributed by atoms with E-state index in [1.807, 2.05) is 12.1 Å². The average molecular weight is 206 g/mol. The summed E-state index contributed by atoms with van der Waals surface area (Å²) >= 11 is 0. The van der Waals surface area contributed by atoms with Crippen molar-refractivity contribution >= 4 is 16.6 Å². The van der Waals surface area contributed by atoms with E-state index in [1.54, 1.807) is 6.07 Å². The summed E-state index contributed by atoms with van der Waals surface area (Å²) in [6, 6.07) is 5.60. The van der Waals surface area contributed by atoms with Gasteiger partial charge in [-0.05, 0) is 31.2 Å². The second-order valence-electron chi connectivity index (χ2n) is 3.41. The Balaban J connectivity index is 2.20. The molecule has 2 aromatic rings. The molecular formula is C10H14N4O. The first-order chi connectivity index (χ1) is 7.31. The van der Waals surface area contributed by atoms with Crippen LogP contribution in [-0.4, -0.2) is 23.3 Å². The molecule has 0 saturated heterocycles. The van der Waals surface area contributed by atoms with Crippen molar-refractivity contribution in [2.45, 2.75) is 6.42 Å². The Hall–Kier alpha value is -1.75. The lowest BCUT2D eigenvalue weighted by atomic mass is 10.2. The summed E-state index contributed by atoms with van der Waals surface area (Å²) in [4.78, 5) is 11.2. The van der Waals surface area contributed by atoms with Gasteiger partial charge in [0.05, 0.1) is 10.9 Å². The number of nitrogens with two attached hydrogens (primary N) is 1. The Morgan fingerprint density at radius 1 is 1.33 bits per heavy atom. The van der Waals surface area contributed by atoms with Crippen molar-refractivity contribution < 1.29 is 0 Å². The third-order valence-electron chi connectivity index (χ3n) is 2.28. The van der Waals surface area contributed by atoms with Gasteiger partial charge in [0.2, 0.25) is 0 Å². The van der Waals surface area contributed by atoms with Crippen LogP contribution in [0.15, 0.2) is 23.0 Å². The molecule has 0 spiro atoms. The molecule has 1 aromatic heterocycles. The molecule has 0 aliphatic rings. The summed E-state index contributed by atoms with van der Waals surface area (Å²) in [5.74, 6) is 0. The molecular weight excluding hydrogens is 192 g/mol. The largest absolute Gasteiger partial charge is 0.385 e. The zero-order chi connectivity index (χ0) is 10.7. The summed E-state index contributed by atoms with van der Waals surface area (Å²) in [6.45, 7) is 1.52. The zero-order valence-corrected chi connectivity index (χ0v) is 8.34. The summed E-state index contributed by atoms with van der Waals surface area (Å²) < 4.78 is 0. The van der Waals surface area contributed by atoms with Gasteiger partial charge >= 0.3 is 0 Å². The van der Waals surface area contributed by atoms with Crippen LogP contribution >= 0.6 is 0 Å². The smallest absolute Gasteiger partial charge is 0.271 e. The van der Waals surface area contributed by atoms with Gasteiger partial charge in [0.25, 0.3) is 5.56 Å². The first-order valence-corrected chi connectivity index (χ1v) is 4.95. The van der Waals surface area contributed by atoms with Crippen LogP contribution in [0.4, 0.5) is 5.69 Å². The summed E-state index contributed by atoms with van der Waals surface area (Å²) in [7, 11) is 0. The maximum absolute atomic E-state index is 11.2. The van der Waals surface area contributed by atoms with E-state index in [9.17, 15) is 4.79 Å². The molecule has 0 amide bonds. The third kappa shape index (κ3) is 2.02. The Kier molecular flexibility index (Phi) is 2.73. The highest BCUT2D eigenvalue weighted by Gasteiger charge is 2.00. The van der Waals surface area contributed by atoms with E-state index in [1.165, 1.54) is 0 Å². The SMILES string of the molecule is NCCCNc1ccc2c(=O)[nH][nH]c2c1. The number of anilines is 1. The van der Waals surface area contributed by atoms with Gasteiger partial charge < -0.3 is 11.1 Å². The predicted octanol–water partition coefficient (Wildman–Crippen LogP) is 0.617. The lowest BCUT2D eigenvalue weighted by molar-refractivity contribution is 0.874. The van der Waals surface area contributed by atoms with Crippen LogP contribution in [0.1, 0.15) is 6.42 Å². The van der Waals surface area contributed by atoms with Crippen molar-refractivity contribution in [3.8, 4) is 0 Å². The molecule has 80 valence electrons. The molecule has 2 rings (SSSR count). The zero-order valence-electron chi connectivity index (χ0n) is 8.34. The molecule has 5 nitrogen and oxygen atoms in total. The van der Waals surface area contributed by atoms with Gasteiger partial charge in [0, 0.05) is 12.2 Å². The van der Waals surface area contributed by atoms with Gasteiger partial charge in [-0.2, -0.15) is 0 Å². The third-order valence-corrected chi connectivity index (χ3v) is 2.28. The van der Waals surface area contributed by atoms with E-state index < -0.39 is 0 Å². The summed E-state index contributed by atoms with van der Waals surface area (Å²) in [5.41, 5.74) is 7.12. The number of hydrogen-bond acceptors (Lipinski definition) is 3.